The number of benzene rings is 1. The van der Waals surface area contributed by atoms with Crippen LogP contribution in [0.5, 0.6) is 0 Å². The average molecular weight is 388 g/mol. The topological polar surface area (TPSA) is 36.4 Å². The molecule has 6 heteroatoms. The molecule has 0 bridgehead atoms. The van der Waals surface area contributed by atoms with Crippen LogP contribution in [0.1, 0.15) is 51.6 Å². The van der Waals surface area contributed by atoms with Crippen molar-refractivity contribution < 1.29 is 9.18 Å². The van der Waals surface area contributed by atoms with E-state index in [1.807, 2.05) is 11.8 Å². The first kappa shape index (κ1) is 18.6. The molecule has 0 saturated carbocycles. The van der Waals surface area contributed by atoms with Gasteiger partial charge in [-0.3, -0.25) is 4.79 Å². The lowest BCUT2D eigenvalue weighted by Gasteiger charge is -2.36. The molecule has 144 valence electrons. The van der Waals surface area contributed by atoms with Crippen molar-refractivity contribution in [3.63, 3.8) is 0 Å². The number of piperidine rings is 1. The van der Waals surface area contributed by atoms with Crippen molar-refractivity contribution in [1.82, 2.24) is 14.8 Å². The zero-order valence-electron chi connectivity index (χ0n) is 15.8. The quantitative estimate of drug-likeness (QED) is 0.799. The molecule has 2 fully saturated rings. The van der Waals surface area contributed by atoms with E-state index >= 15 is 0 Å². The fraction of sp³-hybridized carbons (Fsp3) is 0.524. The normalized spacial score (nSPS) is 19.0. The third-order valence-corrected chi connectivity index (χ3v) is 6.86. The third-order valence-electron chi connectivity index (χ3n) is 5.71. The second-order valence-electron chi connectivity index (χ2n) is 7.59. The standard InChI is InChI=1S/C21H26FN3OS/c1-15-20(27-19(23-15)14-16-4-6-17(22)7-5-16)21(26)25-12-8-18(9-13-25)24-10-2-3-11-24/h4-7,18H,2-3,8-14H2,1H3. The SMILES string of the molecule is Cc1nc(Cc2ccc(F)cc2)sc1C(=O)N1CCC(N2CCCC2)CC1. The van der Waals surface area contributed by atoms with Crippen LogP contribution in [-0.4, -0.2) is 52.9 Å². The number of aryl methyl sites for hydroxylation is 1. The van der Waals surface area contributed by atoms with E-state index in [-0.39, 0.29) is 11.7 Å². The van der Waals surface area contributed by atoms with E-state index < -0.39 is 0 Å². The summed E-state index contributed by atoms with van der Waals surface area (Å²) in [5.41, 5.74) is 1.82. The lowest BCUT2D eigenvalue weighted by atomic mass is 10.0. The van der Waals surface area contributed by atoms with Gasteiger partial charge in [0.05, 0.1) is 10.7 Å². The summed E-state index contributed by atoms with van der Waals surface area (Å²) < 4.78 is 13.1. The van der Waals surface area contributed by atoms with Crippen LogP contribution >= 0.6 is 11.3 Å². The minimum Gasteiger partial charge on any atom is -0.338 e. The maximum Gasteiger partial charge on any atom is 0.265 e. The Kier molecular flexibility index (Phi) is 5.55. The minimum absolute atomic E-state index is 0.121. The van der Waals surface area contributed by atoms with Crippen molar-refractivity contribution in [2.45, 2.75) is 45.1 Å². The molecule has 1 amide bonds. The predicted octanol–water partition coefficient (Wildman–Crippen LogP) is 3.88. The van der Waals surface area contributed by atoms with Gasteiger partial charge in [-0.05, 0) is 63.4 Å². The monoisotopic (exact) mass is 387 g/mol. The smallest absolute Gasteiger partial charge is 0.265 e. The van der Waals surface area contributed by atoms with Gasteiger partial charge in [-0.1, -0.05) is 12.1 Å². The van der Waals surface area contributed by atoms with Crippen molar-refractivity contribution in [3.8, 4) is 0 Å². The Morgan fingerprint density at radius 1 is 1.15 bits per heavy atom. The van der Waals surface area contributed by atoms with Gasteiger partial charge < -0.3 is 9.80 Å². The van der Waals surface area contributed by atoms with Crippen molar-refractivity contribution in [3.05, 3.63) is 51.2 Å². The first-order valence-electron chi connectivity index (χ1n) is 9.84. The van der Waals surface area contributed by atoms with Gasteiger partial charge in [-0.2, -0.15) is 0 Å². The number of amides is 1. The zero-order valence-corrected chi connectivity index (χ0v) is 16.6. The summed E-state index contributed by atoms with van der Waals surface area (Å²) >= 11 is 1.48. The fourth-order valence-electron chi connectivity index (χ4n) is 4.19. The lowest BCUT2D eigenvalue weighted by Crippen LogP contribution is -2.45. The number of aromatic nitrogens is 1. The van der Waals surface area contributed by atoms with E-state index in [0.717, 1.165) is 47.1 Å². The fourth-order valence-corrected chi connectivity index (χ4v) is 5.25. The first-order chi connectivity index (χ1) is 13.1. The highest BCUT2D eigenvalue weighted by Crippen LogP contribution is 2.26. The van der Waals surface area contributed by atoms with E-state index in [2.05, 4.69) is 9.88 Å². The number of hydrogen-bond donors (Lipinski definition) is 0. The molecule has 2 saturated heterocycles. The minimum atomic E-state index is -0.234. The Labute approximate surface area is 164 Å². The number of nitrogens with zero attached hydrogens (tertiary/aromatic N) is 3. The second kappa shape index (κ2) is 8.07. The predicted molar refractivity (Wildman–Crippen MR) is 106 cm³/mol. The van der Waals surface area contributed by atoms with Gasteiger partial charge in [-0.15, -0.1) is 11.3 Å². The number of hydrogen-bond acceptors (Lipinski definition) is 4. The van der Waals surface area contributed by atoms with Crippen molar-refractivity contribution >= 4 is 17.2 Å². The van der Waals surface area contributed by atoms with Crippen LogP contribution in [0.25, 0.3) is 0 Å². The number of carbonyl (C=O) groups excluding carboxylic acids is 1. The van der Waals surface area contributed by atoms with Gasteiger partial charge >= 0.3 is 0 Å². The molecular formula is C21H26FN3OS. The highest BCUT2D eigenvalue weighted by Gasteiger charge is 2.30. The summed E-state index contributed by atoms with van der Waals surface area (Å²) in [5.74, 6) is -0.113. The largest absolute Gasteiger partial charge is 0.338 e. The summed E-state index contributed by atoms with van der Waals surface area (Å²) in [7, 11) is 0. The molecule has 0 N–H and O–H groups in total. The molecule has 0 atom stereocenters. The van der Waals surface area contributed by atoms with E-state index in [0.29, 0.717) is 12.5 Å². The molecule has 27 heavy (non-hydrogen) atoms. The number of likely N-dealkylation sites (tertiary alicyclic amines) is 2. The molecule has 0 aliphatic carbocycles. The van der Waals surface area contributed by atoms with Crippen LogP contribution in [0.4, 0.5) is 4.39 Å². The molecule has 2 aliphatic heterocycles. The summed E-state index contributed by atoms with van der Waals surface area (Å²) in [6.07, 6.45) is 5.42. The Hall–Kier alpha value is -1.79. The molecule has 1 aromatic carbocycles. The Morgan fingerprint density at radius 2 is 1.81 bits per heavy atom. The van der Waals surface area contributed by atoms with Crippen molar-refractivity contribution in [2.75, 3.05) is 26.2 Å². The van der Waals surface area contributed by atoms with Crippen molar-refractivity contribution in [1.29, 1.82) is 0 Å². The number of halogens is 1. The molecule has 0 radical (unpaired) electrons. The Bertz CT molecular complexity index is 790. The molecular weight excluding hydrogens is 361 g/mol. The molecule has 0 spiro atoms. The van der Waals surface area contributed by atoms with E-state index in [1.54, 1.807) is 12.1 Å². The number of rotatable bonds is 4. The first-order valence-corrected chi connectivity index (χ1v) is 10.7. The van der Waals surface area contributed by atoms with Crippen LogP contribution in [0.3, 0.4) is 0 Å². The summed E-state index contributed by atoms with van der Waals surface area (Å²) in [6, 6.07) is 7.12. The highest BCUT2D eigenvalue weighted by molar-refractivity contribution is 7.13. The van der Waals surface area contributed by atoms with Gasteiger partial charge in [0.15, 0.2) is 0 Å². The van der Waals surface area contributed by atoms with E-state index in [9.17, 15) is 9.18 Å². The van der Waals surface area contributed by atoms with Crippen molar-refractivity contribution in [2.24, 2.45) is 0 Å². The summed E-state index contributed by atoms with van der Waals surface area (Å²) in [5, 5.41) is 0.911. The van der Waals surface area contributed by atoms with Gasteiger partial charge in [-0.25, -0.2) is 9.37 Å². The highest BCUT2D eigenvalue weighted by atomic mass is 32.1. The van der Waals surface area contributed by atoms with Crippen LogP contribution in [0, 0.1) is 12.7 Å². The lowest BCUT2D eigenvalue weighted by molar-refractivity contribution is 0.0648. The van der Waals surface area contributed by atoms with Crippen LogP contribution in [-0.2, 0) is 6.42 Å². The van der Waals surface area contributed by atoms with E-state index in [4.69, 9.17) is 0 Å². The molecule has 2 aliphatic rings. The molecule has 1 aromatic heterocycles. The molecule has 0 unspecified atom stereocenters. The maximum atomic E-state index is 13.1. The number of thiazole rings is 1. The third kappa shape index (κ3) is 4.22. The Balaban J connectivity index is 1.39. The van der Waals surface area contributed by atoms with Gasteiger partial charge in [0.25, 0.3) is 5.91 Å². The summed E-state index contributed by atoms with van der Waals surface area (Å²) in [6.45, 7) is 6.03. The van der Waals surface area contributed by atoms with Gasteiger partial charge in [0.1, 0.15) is 10.7 Å². The second-order valence-corrected chi connectivity index (χ2v) is 8.68. The van der Waals surface area contributed by atoms with Gasteiger partial charge in [0, 0.05) is 25.6 Å². The molecule has 4 nitrogen and oxygen atoms in total. The zero-order chi connectivity index (χ0) is 18.8. The summed E-state index contributed by atoms with van der Waals surface area (Å²) in [4.78, 5) is 22.9. The van der Waals surface area contributed by atoms with E-state index in [1.165, 1.54) is 49.4 Å². The Morgan fingerprint density at radius 3 is 2.48 bits per heavy atom. The molecule has 2 aromatic rings. The van der Waals surface area contributed by atoms with Crippen LogP contribution in [0.2, 0.25) is 0 Å². The van der Waals surface area contributed by atoms with Crippen LogP contribution < -0.4 is 0 Å². The number of carbonyl (C=O) groups is 1. The molecule has 4 rings (SSSR count). The van der Waals surface area contributed by atoms with Crippen LogP contribution in [0.15, 0.2) is 24.3 Å². The van der Waals surface area contributed by atoms with Gasteiger partial charge in [0.2, 0.25) is 0 Å². The average Bonchev–Trinajstić information content (AvgIpc) is 3.33. The maximum absolute atomic E-state index is 13.1. The molecule has 3 heterocycles.